The van der Waals surface area contributed by atoms with Crippen LogP contribution in [-0.4, -0.2) is 30.2 Å². The van der Waals surface area contributed by atoms with Gasteiger partial charge in [-0.05, 0) is 26.3 Å². The summed E-state index contributed by atoms with van der Waals surface area (Å²) in [6, 6.07) is 0.613. The molecule has 4 heteroatoms. The lowest BCUT2D eigenvalue weighted by atomic mass is 10.0. The second-order valence-corrected chi connectivity index (χ2v) is 3.95. The van der Waals surface area contributed by atoms with Gasteiger partial charge in [-0.25, -0.2) is 4.98 Å². The Hall–Kier alpha value is -1.16. The first kappa shape index (κ1) is 10.4. The maximum Gasteiger partial charge on any atom is 0.235 e. The molecule has 0 amide bonds. The van der Waals surface area contributed by atoms with Crippen molar-refractivity contribution in [3.63, 3.8) is 0 Å². The van der Waals surface area contributed by atoms with Crippen LogP contribution in [0.25, 0.3) is 0 Å². The first-order chi connectivity index (χ1) is 7.35. The van der Waals surface area contributed by atoms with E-state index in [9.17, 15) is 0 Å². The molecule has 1 N–H and O–H groups in total. The summed E-state index contributed by atoms with van der Waals surface area (Å²) < 4.78 is 5.23. The Labute approximate surface area is 90.1 Å². The van der Waals surface area contributed by atoms with Gasteiger partial charge in [0.2, 0.25) is 5.88 Å². The highest BCUT2D eigenvalue weighted by atomic mass is 16.5. The summed E-state index contributed by atoms with van der Waals surface area (Å²) in [4.78, 5) is 8.57. The molecule has 0 aliphatic heterocycles. The van der Waals surface area contributed by atoms with Crippen LogP contribution in [0.1, 0.15) is 30.9 Å². The van der Waals surface area contributed by atoms with Gasteiger partial charge in [0.1, 0.15) is 5.69 Å². The number of nitrogens with one attached hydrogen (secondary N) is 1. The summed E-state index contributed by atoms with van der Waals surface area (Å²) in [7, 11) is 3.67. The van der Waals surface area contributed by atoms with E-state index in [1.165, 1.54) is 12.8 Å². The van der Waals surface area contributed by atoms with E-state index in [2.05, 4.69) is 15.3 Å². The highest BCUT2D eigenvalue weighted by Crippen LogP contribution is 2.36. The van der Waals surface area contributed by atoms with Crippen LogP contribution in [0.3, 0.4) is 0 Å². The Kier molecular flexibility index (Phi) is 3.16. The van der Waals surface area contributed by atoms with E-state index in [0.29, 0.717) is 17.8 Å². The zero-order chi connectivity index (χ0) is 10.7. The summed E-state index contributed by atoms with van der Waals surface area (Å²) in [5.74, 6) is 1.17. The molecule has 1 aromatic rings. The van der Waals surface area contributed by atoms with Gasteiger partial charge in [-0.3, -0.25) is 4.98 Å². The summed E-state index contributed by atoms with van der Waals surface area (Å²) in [5, 5.41) is 3.31. The third-order valence-corrected chi connectivity index (χ3v) is 3.11. The van der Waals surface area contributed by atoms with E-state index in [0.717, 1.165) is 12.1 Å². The minimum Gasteiger partial charge on any atom is -0.480 e. The molecule has 0 saturated heterocycles. The van der Waals surface area contributed by atoms with Gasteiger partial charge in [0, 0.05) is 24.4 Å². The van der Waals surface area contributed by atoms with Crippen molar-refractivity contribution in [3.8, 4) is 5.88 Å². The summed E-state index contributed by atoms with van der Waals surface area (Å²) >= 11 is 0. The topological polar surface area (TPSA) is 47.0 Å². The van der Waals surface area contributed by atoms with Crippen molar-refractivity contribution in [2.45, 2.75) is 31.2 Å². The molecule has 0 spiro atoms. The van der Waals surface area contributed by atoms with Crippen LogP contribution in [0, 0.1) is 0 Å². The molecular weight excluding hydrogens is 190 g/mol. The average Bonchev–Trinajstić information content (AvgIpc) is 2.77. The molecule has 0 aromatic carbocycles. The SMILES string of the molecule is CNC1CCC(c2nccnc2OC)C1. The van der Waals surface area contributed by atoms with Crippen LogP contribution < -0.4 is 10.1 Å². The van der Waals surface area contributed by atoms with Crippen LogP contribution in [-0.2, 0) is 0 Å². The summed E-state index contributed by atoms with van der Waals surface area (Å²) in [6.07, 6.45) is 6.92. The van der Waals surface area contributed by atoms with Crippen LogP contribution in [0.5, 0.6) is 5.88 Å². The van der Waals surface area contributed by atoms with Gasteiger partial charge in [0.15, 0.2) is 0 Å². The molecule has 2 unspecified atom stereocenters. The van der Waals surface area contributed by atoms with E-state index >= 15 is 0 Å². The summed E-state index contributed by atoms with van der Waals surface area (Å²) in [6.45, 7) is 0. The maximum atomic E-state index is 5.23. The van der Waals surface area contributed by atoms with Gasteiger partial charge in [-0.1, -0.05) is 0 Å². The van der Waals surface area contributed by atoms with E-state index in [1.807, 2.05) is 7.05 Å². The molecule has 1 heterocycles. The van der Waals surface area contributed by atoms with Crippen LogP contribution in [0.2, 0.25) is 0 Å². The fourth-order valence-electron chi connectivity index (χ4n) is 2.27. The van der Waals surface area contributed by atoms with Crippen molar-refractivity contribution >= 4 is 0 Å². The monoisotopic (exact) mass is 207 g/mol. The van der Waals surface area contributed by atoms with Crippen molar-refractivity contribution < 1.29 is 4.74 Å². The minimum atomic E-state index is 0.492. The lowest BCUT2D eigenvalue weighted by Crippen LogP contribution is -2.21. The van der Waals surface area contributed by atoms with Crippen LogP contribution in [0.4, 0.5) is 0 Å². The molecule has 0 radical (unpaired) electrons. The van der Waals surface area contributed by atoms with Gasteiger partial charge in [-0.2, -0.15) is 0 Å². The zero-order valence-electron chi connectivity index (χ0n) is 9.23. The number of hydrogen-bond acceptors (Lipinski definition) is 4. The van der Waals surface area contributed by atoms with Crippen molar-refractivity contribution in [3.05, 3.63) is 18.1 Å². The highest BCUT2D eigenvalue weighted by Gasteiger charge is 2.28. The van der Waals surface area contributed by atoms with E-state index in [4.69, 9.17) is 4.74 Å². The van der Waals surface area contributed by atoms with E-state index in [-0.39, 0.29) is 0 Å². The predicted molar refractivity (Wildman–Crippen MR) is 58.0 cm³/mol. The standard InChI is InChI=1S/C11H17N3O/c1-12-9-4-3-8(7-9)10-11(15-2)14-6-5-13-10/h5-6,8-9,12H,3-4,7H2,1-2H3. The fraction of sp³-hybridized carbons (Fsp3) is 0.636. The first-order valence-electron chi connectivity index (χ1n) is 5.37. The first-order valence-corrected chi connectivity index (χ1v) is 5.37. The zero-order valence-corrected chi connectivity index (χ0v) is 9.23. The molecule has 15 heavy (non-hydrogen) atoms. The predicted octanol–water partition coefficient (Wildman–Crippen LogP) is 1.34. The Balaban J connectivity index is 2.16. The molecular formula is C11H17N3O. The molecule has 1 aliphatic carbocycles. The van der Waals surface area contributed by atoms with Gasteiger partial charge in [-0.15, -0.1) is 0 Å². The maximum absolute atomic E-state index is 5.23. The lowest BCUT2D eigenvalue weighted by Gasteiger charge is -2.12. The van der Waals surface area contributed by atoms with Crippen molar-refractivity contribution in [1.82, 2.24) is 15.3 Å². The normalized spacial score (nSPS) is 25.5. The van der Waals surface area contributed by atoms with Gasteiger partial charge < -0.3 is 10.1 Å². The number of rotatable bonds is 3. The lowest BCUT2D eigenvalue weighted by molar-refractivity contribution is 0.383. The molecule has 1 saturated carbocycles. The molecule has 2 atom stereocenters. The fourth-order valence-corrected chi connectivity index (χ4v) is 2.27. The van der Waals surface area contributed by atoms with Gasteiger partial charge in [0.25, 0.3) is 0 Å². The van der Waals surface area contributed by atoms with Crippen molar-refractivity contribution in [2.75, 3.05) is 14.2 Å². The molecule has 1 fully saturated rings. The number of ether oxygens (including phenoxy) is 1. The van der Waals surface area contributed by atoms with Crippen molar-refractivity contribution in [2.24, 2.45) is 0 Å². The van der Waals surface area contributed by atoms with Crippen LogP contribution >= 0.6 is 0 Å². The largest absolute Gasteiger partial charge is 0.480 e. The molecule has 1 aliphatic rings. The second kappa shape index (κ2) is 4.57. The minimum absolute atomic E-state index is 0.492. The molecule has 2 rings (SSSR count). The Morgan fingerprint density at radius 2 is 2.13 bits per heavy atom. The highest BCUT2D eigenvalue weighted by molar-refractivity contribution is 5.23. The molecule has 0 bridgehead atoms. The number of nitrogens with zero attached hydrogens (tertiary/aromatic N) is 2. The second-order valence-electron chi connectivity index (χ2n) is 3.95. The number of hydrogen-bond donors (Lipinski definition) is 1. The third-order valence-electron chi connectivity index (χ3n) is 3.11. The number of methoxy groups -OCH3 is 1. The Morgan fingerprint density at radius 1 is 1.33 bits per heavy atom. The van der Waals surface area contributed by atoms with E-state index in [1.54, 1.807) is 19.5 Å². The smallest absolute Gasteiger partial charge is 0.235 e. The molecule has 82 valence electrons. The Bertz CT molecular complexity index is 329. The summed E-state index contributed by atoms with van der Waals surface area (Å²) in [5.41, 5.74) is 1.01. The third kappa shape index (κ3) is 2.09. The molecule has 1 aromatic heterocycles. The van der Waals surface area contributed by atoms with Gasteiger partial charge in [0.05, 0.1) is 7.11 Å². The number of aromatic nitrogens is 2. The van der Waals surface area contributed by atoms with Crippen molar-refractivity contribution in [1.29, 1.82) is 0 Å². The van der Waals surface area contributed by atoms with E-state index < -0.39 is 0 Å². The average molecular weight is 207 g/mol. The van der Waals surface area contributed by atoms with Crippen LogP contribution in [0.15, 0.2) is 12.4 Å². The van der Waals surface area contributed by atoms with Gasteiger partial charge >= 0.3 is 0 Å². The molecule has 4 nitrogen and oxygen atoms in total. The Morgan fingerprint density at radius 3 is 2.80 bits per heavy atom. The quantitative estimate of drug-likeness (QED) is 0.812.